The molecule has 2 aromatic carbocycles. The summed E-state index contributed by atoms with van der Waals surface area (Å²) in [6.45, 7) is 2.89. The molecule has 172 valence electrons. The Morgan fingerprint density at radius 1 is 1.21 bits per heavy atom. The van der Waals surface area contributed by atoms with Gasteiger partial charge < -0.3 is 20.5 Å². The molecule has 1 aromatic heterocycles. The third-order valence-electron chi connectivity index (χ3n) is 5.79. The normalized spacial score (nSPS) is 13.8. The Morgan fingerprint density at radius 2 is 1.97 bits per heavy atom. The van der Waals surface area contributed by atoms with Crippen LogP contribution in [0.3, 0.4) is 0 Å². The van der Waals surface area contributed by atoms with E-state index in [1.54, 1.807) is 25.2 Å². The summed E-state index contributed by atoms with van der Waals surface area (Å²) in [4.78, 5) is 26.4. The van der Waals surface area contributed by atoms with Crippen LogP contribution in [0.4, 0.5) is 10.1 Å². The topological polar surface area (TPSA) is 87.7 Å². The highest BCUT2D eigenvalue weighted by Crippen LogP contribution is 2.34. The summed E-state index contributed by atoms with van der Waals surface area (Å²) in [5.41, 5.74) is 3.87. The highest BCUT2D eigenvalue weighted by atomic mass is 32.1. The molecular weight excluding hydrogens is 443 g/mol. The van der Waals surface area contributed by atoms with E-state index in [9.17, 15) is 14.0 Å². The van der Waals surface area contributed by atoms with Crippen LogP contribution in [0.15, 0.2) is 42.5 Å². The maximum absolute atomic E-state index is 14.3. The average Bonchev–Trinajstić information content (AvgIpc) is 3.17. The van der Waals surface area contributed by atoms with Crippen molar-refractivity contribution in [3.8, 4) is 0 Å². The second-order valence-corrected chi connectivity index (χ2v) is 9.16. The molecule has 1 aliphatic heterocycles. The fourth-order valence-electron chi connectivity index (χ4n) is 4.00. The van der Waals surface area contributed by atoms with Crippen LogP contribution < -0.4 is 10.6 Å². The first-order chi connectivity index (χ1) is 15.9. The van der Waals surface area contributed by atoms with Gasteiger partial charge in [0.1, 0.15) is 5.82 Å². The van der Waals surface area contributed by atoms with Gasteiger partial charge in [-0.3, -0.25) is 4.79 Å². The van der Waals surface area contributed by atoms with E-state index < -0.39 is 5.97 Å². The van der Waals surface area contributed by atoms with Gasteiger partial charge >= 0.3 is 5.97 Å². The van der Waals surface area contributed by atoms with E-state index in [4.69, 9.17) is 9.84 Å². The molecule has 3 N–H and O–H groups in total. The number of carboxylic acid groups (broad SMARTS) is 1. The molecule has 1 aliphatic rings. The number of carboxylic acids is 1. The second-order valence-electron chi connectivity index (χ2n) is 7.97. The van der Waals surface area contributed by atoms with Crippen molar-refractivity contribution in [3.05, 3.63) is 85.9 Å². The highest BCUT2D eigenvalue weighted by Gasteiger charge is 2.27. The Hall–Kier alpha value is -3.23. The molecular formula is C25H25FN2O4S. The molecule has 0 radical (unpaired) electrons. The number of hydrogen-bond acceptors (Lipinski definition) is 5. The van der Waals surface area contributed by atoms with Crippen molar-refractivity contribution >= 4 is 28.9 Å². The van der Waals surface area contributed by atoms with E-state index >= 15 is 0 Å². The van der Waals surface area contributed by atoms with Gasteiger partial charge in [0.05, 0.1) is 36.1 Å². The van der Waals surface area contributed by atoms with Gasteiger partial charge in [0, 0.05) is 23.2 Å². The van der Waals surface area contributed by atoms with Crippen LogP contribution >= 0.6 is 11.3 Å². The maximum atomic E-state index is 14.3. The summed E-state index contributed by atoms with van der Waals surface area (Å²) in [6.07, 6.45) is 1.10. The number of carbonyl (C=O) groups is 2. The number of rotatable bonds is 7. The molecule has 0 bridgehead atoms. The number of hydrogen-bond donors (Lipinski definition) is 3. The lowest BCUT2D eigenvalue weighted by Gasteiger charge is -2.18. The quantitative estimate of drug-likeness (QED) is 0.464. The van der Waals surface area contributed by atoms with Gasteiger partial charge in [-0.1, -0.05) is 18.2 Å². The number of thiophene rings is 1. The largest absolute Gasteiger partial charge is 0.478 e. The molecule has 33 heavy (non-hydrogen) atoms. The monoisotopic (exact) mass is 468 g/mol. The molecule has 6 nitrogen and oxygen atoms in total. The SMILES string of the molecule is CNc1ccc(Cc2sc3c(c2C(=O)N[C@@H](C)c2ccc(C(=O)O)cc2)CCOC3)cc1F. The first-order valence-electron chi connectivity index (χ1n) is 10.7. The third kappa shape index (κ3) is 4.91. The number of aromatic carboxylic acids is 1. The zero-order valence-electron chi connectivity index (χ0n) is 18.4. The maximum Gasteiger partial charge on any atom is 0.335 e. The number of fused-ring (bicyclic) bond motifs is 1. The Bertz CT molecular complexity index is 1190. The lowest BCUT2D eigenvalue weighted by molar-refractivity contribution is 0.0696. The molecule has 3 aromatic rings. The molecule has 0 spiro atoms. The lowest BCUT2D eigenvalue weighted by atomic mass is 9.99. The van der Waals surface area contributed by atoms with Gasteiger partial charge in [-0.2, -0.15) is 0 Å². The molecule has 0 unspecified atom stereocenters. The zero-order chi connectivity index (χ0) is 23.5. The minimum absolute atomic E-state index is 0.188. The van der Waals surface area contributed by atoms with Gasteiger partial charge in [0.15, 0.2) is 0 Å². The van der Waals surface area contributed by atoms with Crippen molar-refractivity contribution in [2.45, 2.75) is 32.4 Å². The molecule has 4 rings (SSSR count). The number of ether oxygens (including phenoxy) is 1. The van der Waals surface area contributed by atoms with Crippen LogP contribution in [-0.2, 0) is 24.2 Å². The summed E-state index contributed by atoms with van der Waals surface area (Å²) in [5.74, 6) is -1.51. The number of benzene rings is 2. The van der Waals surface area contributed by atoms with E-state index in [0.29, 0.717) is 37.3 Å². The van der Waals surface area contributed by atoms with E-state index in [0.717, 1.165) is 26.4 Å². The van der Waals surface area contributed by atoms with Crippen LogP contribution in [0, 0.1) is 5.82 Å². The minimum Gasteiger partial charge on any atom is -0.478 e. The average molecular weight is 469 g/mol. The molecule has 0 fully saturated rings. The summed E-state index contributed by atoms with van der Waals surface area (Å²) >= 11 is 1.54. The van der Waals surface area contributed by atoms with Gasteiger partial charge in [-0.15, -0.1) is 11.3 Å². The Kier molecular flexibility index (Phi) is 6.76. The summed E-state index contributed by atoms with van der Waals surface area (Å²) < 4.78 is 19.9. The van der Waals surface area contributed by atoms with Crippen molar-refractivity contribution in [2.24, 2.45) is 0 Å². The molecule has 0 saturated carbocycles. The Labute approximate surface area is 195 Å². The van der Waals surface area contributed by atoms with Crippen molar-refractivity contribution in [1.82, 2.24) is 5.32 Å². The minimum atomic E-state index is -0.991. The standard InChI is InChI=1S/C25H25FN2O4S/c1-14(16-4-6-17(7-5-16)25(30)31)28-24(29)23-18-9-10-32-13-22(18)33-21(23)12-15-3-8-20(27-2)19(26)11-15/h3-8,11,14,27H,9-10,12-13H2,1-2H3,(H,28,29)(H,30,31)/t14-/m0/s1. The van der Waals surface area contributed by atoms with Crippen molar-refractivity contribution in [2.75, 3.05) is 19.0 Å². The highest BCUT2D eigenvalue weighted by molar-refractivity contribution is 7.12. The molecule has 2 heterocycles. The van der Waals surface area contributed by atoms with Crippen LogP contribution in [0.5, 0.6) is 0 Å². The number of nitrogens with one attached hydrogen (secondary N) is 2. The Balaban J connectivity index is 1.60. The molecule has 1 atom stereocenters. The van der Waals surface area contributed by atoms with Crippen molar-refractivity contribution in [1.29, 1.82) is 0 Å². The smallest absolute Gasteiger partial charge is 0.335 e. The van der Waals surface area contributed by atoms with E-state index in [-0.39, 0.29) is 23.3 Å². The van der Waals surface area contributed by atoms with Gasteiger partial charge in [0.2, 0.25) is 0 Å². The lowest BCUT2D eigenvalue weighted by Crippen LogP contribution is -2.28. The molecule has 0 saturated heterocycles. The first kappa shape index (κ1) is 22.9. The number of carbonyl (C=O) groups excluding carboxylic acids is 1. The van der Waals surface area contributed by atoms with Crippen LogP contribution in [0.2, 0.25) is 0 Å². The molecule has 8 heteroatoms. The number of anilines is 1. The van der Waals surface area contributed by atoms with Gasteiger partial charge in [0.25, 0.3) is 5.91 Å². The summed E-state index contributed by atoms with van der Waals surface area (Å²) in [6, 6.07) is 11.2. The van der Waals surface area contributed by atoms with E-state index in [1.807, 2.05) is 13.0 Å². The van der Waals surface area contributed by atoms with Crippen molar-refractivity contribution < 1.29 is 23.8 Å². The second kappa shape index (κ2) is 9.72. The first-order valence-corrected chi connectivity index (χ1v) is 11.5. The van der Waals surface area contributed by atoms with Crippen LogP contribution in [0.25, 0.3) is 0 Å². The van der Waals surface area contributed by atoms with Crippen LogP contribution in [0.1, 0.15) is 60.1 Å². The number of halogens is 1. The predicted molar refractivity (Wildman–Crippen MR) is 126 cm³/mol. The Morgan fingerprint density at radius 3 is 2.64 bits per heavy atom. The summed E-state index contributed by atoms with van der Waals surface area (Å²) in [7, 11) is 1.67. The fraction of sp³-hybridized carbons (Fsp3) is 0.280. The van der Waals surface area contributed by atoms with E-state index in [1.165, 1.54) is 29.5 Å². The van der Waals surface area contributed by atoms with Gasteiger partial charge in [-0.25, -0.2) is 9.18 Å². The van der Waals surface area contributed by atoms with E-state index in [2.05, 4.69) is 10.6 Å². The predicted octanol–water partition coefficient (Wildman–Crippen LogP) is 4.78. The van der Waals surface area contributed by atoms with Crippen LogP contribution in [-0.4, -0.2) is 30.6 Å². The summed E-state index contributed by atoms with van der Waals surface area (Å²) in [5, 5.41) is 15.0. The molecule has 0 aliphatic carbocycles. The fourth-order valence-corrected chi connectivity index (χ4v) is 5.32. The zero-order valence-corrected chi connectivity index (χ0v) is 19.2. The van der Waals surface area contributed by atoms with Gasteiger partial charge in [-0.05, 0) is 54.3 Å². The number of amides is 1. The third-order valence-corrected chi connectivity index (χ3v) is 7.00. The van der Waals surface area contributed by atoms with Crippen molar-refractivity contribution in [3.63, 3.8) is 0 Å². The molecule has 1 amide bonds.